The molecule has 116 valence electrons. The van der Waals surface area contributed by atoms with Crippen molar-refractivity contribution in [3.8, 4) is 0 Å². The summed E-state index contributed by atoms with van der Waals surface area (Å²) in [4.78, 5) is 22.8. The molecule has 1 aromatic rings. The van der Waals surface area contributed by atoms with Crippen LogP contribution in [-0.2, 0) is 11.0 Å². The number of carboxylic acids is 1. The number of benzene rings is 1. The van der Waals surface area contributed by atoms with Crippen molar-refractivity contribution in [1.82, 2.24) is 5.32 Å². The summed E-state index contributed by atoms with van der Waals surface area (Å²) in [5.74, 6) is -2.53. The summed E-state index contributed by atoms with van der Waals surface area (Å²) < 4.78 is 37.2. The van der Waals surface area contributed by atoms with E-state index in [1.54, 1.807) is 13.8 Å². The van der Waals surface area contributed by atoms with E-state index in [1.165, 1.54) is 0 Å². The second-order valence-corrected chi connectivity index (χ2v) is 4.73. The van der Waals surface area contributed by atoms with Gasteiger partial charge in [-0.05, 0) is 30.2 Å². The quantitative estimate of drug-likeness (QED) is 0.898. The molecule has 1 N–H and O–H groups in total. The minimum absolute atomic E-state index is 0.0439. The van der Waals surface area contributed by atoms with Crippen molar-refractivity contribution < 1.29 is 27.9 Å². The number of rotatable bonds is 5. The lowest BCUT2D eigenvalue weighted by molar-refractivity contribution is -0.309. The molecule has 0 aliphatic heterocycles. The first kappa shape index (κ1) is 17.0. The zero-order valence-electron chi connectivity index (χ0n) is 11.5. The third-order valence-corrected chi connectivity index (χ3v) is 3.23. The van der Waals surface area contributed by atoms with Gasteiger partial charge in [-0.3, -0.25) is 4.79 Å². The van der Waals surface area contributed by atoms with Gasteiger partial charge in [0.2, 0.25) is 0 Å². The number of carboxylic acid groups (broad SMARTS) is 1. The van der Waals surface area contributed by atoms with E-state index in [0.717, 1.165) is 24.3 Å². The summed E-state index contributed by atoms with van der Waals surface area (Å²) in [6.45, 7) is 3.39. The molecule has 1 aromatic carbocycles. The second kappa shape index (κ2) is 6.60. The molecule has 1 rings (SSSR count). The number of aliphatic carboxylic acids is 1. The van der Waals surface area contributed by atoms with Gasteiger partial charge < -0.3 is 15.2 Å². The number of halogens is 3. The van der Waals surface area contributed by atoms with Crippen LogP contribution < -0.4 is 10.4 Å². The molecule has 0 heterocycles. The number of amides is 1. The van der Waals surface area contributed by atoms with E-state index >= 15 is 0 Å². The molecule has 7 heteroatoms. The van der Waals surface area contributed by atoms with Crippen LogP contribution in [0.4, 0.5) is 13.2 Å². The Hall–Kier alpha value is -2.05. The Kier molecular flexibility index (Phi) is 5.34. The molecule has 0 radical (unpaired) electrons. The van der Waals surface area contributed by atoms with Gasteiger partial charge in [0.25, 0.3) is 5.91 Å². The van der Waals surface area contributed by atoms with Crippen LogP contribution in [0.5, 0.6) is 0 Å². The number of nitrogens with one attached hydrogen (secondary N) is 1. The van der Waals surface area contributed by atoms with Gasteiger partial charge in [0.15, 0.2) is 0 Å². The average Bonchev–Trinajstić information content (AvgIpc) is 2.42. The fraction of sp³-hybridized carbons (Fsp3) is 0.429. The highest BCUT2D eigenvalue weighted by molar-refractivity contribution is 5.96. The van der Waals surface area contributed by atoms with Crippen molar-refractivity contribution >= 4 is 11.9 Å². The molecule has 0 fully saturated rings. The number of hydrogen-bond donors (Lipinski definition) is 1. The fourth-order valence-corrected chi connectivity index (χ4v) is 1.70. The molecular weight excluding hydrogens is 287 g/mol. The van der Waals surface area contributed by atoms with Gasteiger partial charge >= 0.3 is 6.18 Å². The first-order chi connectivity index (χ1) is 9.66. The molecular formula is C14H15F3NO3-. The Morgan fingerprint density at radius 1 is 1.24 bits per heavy atom. The van der Waals surface area contributed by atoms with Crippen molar-refractivity contribution in [2.45, 2.75) is 32.5 Å². The molecule has 0 spiro atoms. The summed E-state index contributed by atoms with van der Waals surface area (Å²) in [6.07, 6.45) is -3.98. The van der Waals surface area contributed by atoms with Gasteiger partial charge in [-0.2, -0.15) is 13.2 Å². The van der Waals surface area contributed by atoms with Crippen LogP contribution in [0.2, 0.25) is 0 Å². The first-order valence-electron chi connectivity index (χ1n) is 6.35. The van der Waals surface area contributed by atoms with E-state index in [-0.39, 0.29) is 11.5 Å². The van der Waals surface area contributed by atoms with Crippen molar-refractivity contribution in [2.24, 2.45) is 5.92 Å². The highest BCUT2D eigenvalue weighted by Gasteiger charge is 2.30. The molecule has 1 amide bonds. The van der Waals surface area contributed by atoms with E-state index in [9.17, 15) is 27.9 Å². The van der Waals surface area contributed by atoms with E-state index in [2.05, 4.69) is 5.32 Å². The molecule has 0 aromatic heterocycles. The maximum atomic E-state index is 12.4. The monoisotopic (exact) mass is 302 g/mol. The van der Waals surface area contributed by atoms with Crippen molar-refractivity contribution in [1.29, 1.82) is 0 Å². The summed E-state index contributed by atoms with van der Waals surface area (Å²) in [5.41, 5.74) is -0.921. The van der Waals surface area contributed by atoms with Crippen molar-refractivity contribution in [3.63, 3.8) is 0 Å². The largest absolute Gasteiger partial charge is 0.548 e. The molecule has 0 aliphatic rings. The Balaban J connectivity index is 2.86. The second-order valence-electron chi connectivity index (χ2n) is 4.73. The molecule has 0 saturated carbocycles. The maximum absolute atomic E-state index is 12.4. The van der Waals surface area contributed by atoms with E-state index < -0.39 is 29.7 Å². The van der Waals surface area contributed by atoms with Gasteiger partial charge in [-0.25, -0.2) is 0 Å². The third kappa shape index (κ3) is 4.47. The lowest BCUT2D eigenvalue weighted by Crippen LogP contribution is -2.51. The smallest absolute Gasteiger partial charge is 0.416 e. The summed E-state index contributed by atoms with van der Waals surface area (Å²) in [6, 6.07) is 2.35. The van der Waals surface area contributed by atoms with Crippen molar-refractivity contribution in [3.05, 3.63) is 35.4 Å². The SMILES string of the molecule is CC[C@@H](C)[C@H](NC(=O)c1ccc(C(F)(F)F)cc1)C(=O)[O-]. The maximum Gasteiger partial charge on any atom is 0.416 e. The number of alkyl halides is 3. The Labute approximate surface area is 120 Å². The lowest BCUT2D eigenvalue weighted by Gasteiger charge is -2.25. The van der Waals surface area contributed by atoms with Gasteiger partial charge in [0, 0.05) is 5.56 Å². The Morgan fingerprint density at radius 2 is 1.76 bits per heavy atom. The van der Waals surface area contributed by atoms with Crippen LogP contribution in [0.1, 0.15) is 36.2 Å². The molecule has 0 unspecified atom stereocenters. The van der Waals surface area contributed by atoms with Crippen LogP contribution >= 0.6 is 0 Å². The Bertz CT molecular complexity index is 511. The summed E-state index contributed by atoms with van der Waals surface area (Å²) >= 11 is 0. The minimum atomic E-state index is -4.49. The molecule has 0 saturated heterocycles. The highest BCUT2D eigenvalue weighted by atomic mass is 19.4. The fourth-order valence-electron chi connectivity index (χ4n) is 1.70. The van der Waals surface area contributed by atoms with E-state index in [0.29, 0.717) is 6.42 Å². The summed E-state index contributed by atoms with van der Waals surface area (Å²) in [5, 5.41) is 13.2. The predicted molar refractivity (Wildman–Crippen MR) is 67.2 cm³/mol. The first-order valence-corrected chi connectivity index (χ1v) is 6.35. The topological polar surface area (TPSA) is 69.2 Å². The summed E-state index contributed by atoms with van der Waals surface area (Å²) in [7, 11) is 0. The van der Waals surface area contributed by atoms with Gasteiger partial charge in [-0.1, -0.05) is 20.3 Å². The number of carbonyl (C=O) groups is 2. The third-order valence-electron chi connectivity index (χ3n) is 3.23. The van der Waals surface area contributed by atoms with Crippen LogP contribution in [0.25, 0.3) is 0 Å². The van der Waals surface area contributed by atoms with Gasteiger partial charge in [0.1, 0.15) is 0 Å². The van der Waals surface area contributed by atoms with Crippen LogP contribution in [0.15, 0.2) is 24.3 Å². The molecule has 21 heavy (non-hydrogen) atoms. The lowest BCUT2D eigenvalue weighted by atomic mass is 9.99. The zero-order chi connectivity index (χ0) is 16.2. The predicted octanol–water partition coefficient (Wildman–Crippen LogP) is 1.60. The van der Waals surface area contributed by atoms with E-state index in [1.807, 2.05) is 0 Å². The standard InChI is InChI=1S/C14H16F3NO3/c1-3-8(2)11(13(20)21)18-12(19)9-4-6-10(7-5-9)14(15,16)17/h4-8,11H,3H2,1-2H3,(H,18,19)(H,20,21)/p-1/t8-,11+/m1/s1. The Morgan fingerprint density at radius 3 is 2.14 bits per heavy atom. The van der Waals surface area contributed by atoms with Crippen LogP contribution in [0.3, 0.4) is 0 Å². The van der Waals surface area contributed by atoms with E-state index in [4.69, 9.17) is 0 Å². The van der Waals surface area contributed by atoms with Gasteiger partial charge in [-0.15, -0.1) is 0 Å². The van der Waals surface area contributed by atoms with Crippen LogP contribution in [0, 0.1) is 5.92 Å². The number of carbonyl (C=O) groups excluding carboxylic acids is 2. The average molecular weight is 302 g/mol. The zero-order valence-corrected chi connectivity index (χ0v) is 11.5. The number of hydrogen-bond acceptors (Lipinski definition) is 3. The molecule has 2 atom stereocenters. The molecule has 4 nitrogen and oxygen atoms in total. The molecule has 0 aliphatic carbocycles. The van der Waals surface area contributed by atoms with Crippen LogP contribution in [-0.4, -0.2) is 17.9 Å². The van der Waals surface area contributed by atoms with Crippen molar-refractivity contribution in [2.75, 3.05) is 0 Å². The molecule has 0 bridgehead atoms. The van der Waals surface area contributed by atoms with Gasteiger partial charge in [0.05, 0.1) is 17.6 Å². The minimum Gasteiger partial charge on any atom is -0.548 e. The highest BCUT2D eigenvalue weighted by Crippen LogP contribution is 2.29. The normalized spacial score (nSPS) is 14.3.